The molecule has 1 heterocycles. The molecule has 0 spiro atoms. The maximum Gasteiger partial charge on any atom is 0.132 e. The predicted octanol–water partition coefficient (Wildman–Crippen LogP) is 2.33. The maximum absolute atomic E-state index is 4.20. The minimum atomic E-state index is 0.956. The Morgan fingerprint density at radius 2 is 2.29 bits per heavy atom. The first-order chi connectivity index (χ1) is 6.69. The van der Waals surface area contributed by atoms with Gasteiger partial charge in [0.15, 0.2) is 0 Å². The molecule has 0 unspecified atom stereocenters. The second-order valence-electron chi connectivity index (χ2n) is 3.51. The van der Waals surface area contributed by atoms with E-state index in [2.05, 4.69) is 37.7 Å². The third kappa shape index (κ3) is 2.34. The lowest BCUT2D eigenvalue weighted by atomic mass is 10.1. The lowest BCUT2D eigenvalue weighted by Gasteiger charge is -2.07. The Labute approximate surface area is 85.6 Å². The summed E-state index contributed by atoms with van der Waals surface area (Å²) < 4.78 is 2.04. The van der Waals surface area contributed by atoms with Gasteiger partial charge in [-0.25, -0.2) is 4.99 Å². The molecule has 0 atom stereocenters. The van der Waals surface area contributed by atoms with Crippen LogP contribution >= 0.6 is 0 Å². The van der Waals surface area contributed by atoms with Gasteiger partial charge in [-0.2, -0.15) is 0 Å². The Morgan fingerprint density at radius 3 is 2.86 bits per heavy atom. The van der Waals surface area contributed by atoms with Gasteiger partial charge in [0.1, 0.15) is 5.49 Å². The summed E-state index contributed by atoms with van der Waals surface area (Å²) >= 11 is 0. The summed E-state index contributed by atoms with van der Waals surface area (Å²) in [7, 11) is 2.01. The summed E-state index contributed by atoms with van der Waals surface area (Å²) in [4.78, 5) is 4.20. The van der Waals surface area contributed by atoms with Crippen molar-refractivity contribution in [1.82, 2.24) is 4.57 Å². The van der Waals surface area contributed by atoms with Crippen LogP contribution in [0.1, 0.15) is 24.5 Å². The molecular formula is C12H18N2. The standard InChI is InChI=1S/C12H18N2/c1-5-7-11-9-14(4)12(13-6-2)8-10(11)3/h6,8-9H,2,5,7H2,1,3-4H3. The number of hydrogen-bond donors (Lipinski definition) is 0. The van der Waals surface area contributed by atoms with E-state index in [0.29, 0.717) is 0 Å². The maximum atomic E-state index is 4.20. The molecule has 2 nitrogen and oxygen atoms in total. The Balaban J connectivity index is 3.23. The highest BCUT2D eigenvalue weighted by Crippen LogP contribution is 2.06. The van der Waals surface area contributed by atoms with Crippen LogP contribution in [0.4, 0.5) is 0 Å². The molecule has 14 heavy (non-hydrogen) atoms. The minimum Gasteiger partial charge on any atom is -0.336 e. The van der Waals surface area contributed by atoms with Gasteiger partial charge in [0.05, 0.1) is 0 Å². The minimum absolute atomic E-state index is 0.956. The van der Waals surface area contributed by atoms with Crippen molar-refractivity contribution in [1.29, 1.82) is 0 Å². The van der Waals surface area contributed by atoms with Gasteiger partial charge in [-0.3, -0.25) is 0 Å². The number of hydrogen-bond acceptors (Lipinski definition) is 1. The van der Waals surface area contributed by atoms with Crippen molar-refractivity contribution >= 4 is 0 Å². The highest BCUT2D eigenvalue weighted by Gasteiger charge is 1.98. The van der Waals surface area contributed by atoms with Crippen molar-refractivity contribution in [3.05, 3.63) is 41.7 Å². The van der Waals surface area contributed by atoms with E-state index in [0.717, 1.165) is 11.9 Å². The molecule has 0 aliphatic rings. The second-order valence-corrected chi connectivity index (χ2v) is 3.51. The number of nitrogens with zero attached hydrogens (tertiary/aromatic N) is 2. The van der Waals surface area contributed by atoms with Crippen LogP contribution in [0.3, 0.4) is 0 Å². The molecule has 1 rings (SSSR count). The monoisotopic (exact) mass is 190 g/mol. The van der Waals surface area contributed by atoms with Crippen LogP contribution in [0.15, 0.2) is 30.0 Å². The zero-order chi connectivity index (χ0) is 10.6. The summed E-state index contributed by atoms with van der Waals surface area (Å²) in [6, 6.07) is 2.10. The van der Waals surface area contributed by atoms with Crippen LogP contribution in [0.25, 0.3) is 0 Å². The number of pyridine rings is 1. The first-order valence-corrected chi connectivity index (χ1v) is 5.00. The molecule has 0 aromatic carbocycles. The van der Waals surface area contributed by atoms with Gasteiger partial charge in [-0.1, -0.05) is 19.9 Å². The van der Waals surface area contributed by atoms with Crippen molar-refractivity contribution in [2.45, 2.75) is 26.7 Å². The van der Waals surface area contributed by atoms with Crippen LogP contribution in [0.5, 0.6) is 0 Å². The summed E-state index contributed by atoms with van der Waals surface area (Å²) in [5.41, 5.74) is 3.67. The molecule has 0 fully saturated rings. The molecule has 0 N–H and O–H groups in total. The van der Waals surface area contributed by atoms with E-state index in [4.69, 9.17) is 0 Å². The Morgan fingerprint density at radius 1 is 1.57 bits per heavy atom. The van der Waals surface area contributed by atoms with Gasteiger partial charge < -0.3 is 4.57 Å². The molecule has 2 heteroatoms. The summed E-state index contributed by atoms with van der Waals surface area (Å²) in [6.07, 6.45) is 6.04. The lowest BCUT2D eigenvalue weighted by molar-refractivity contribution is 0.796. The molecule has 0 saturated carbocycles. The zero-order valence-corrected chi connectivity index (χ0v) is 9.25. The molecule has 1 aromatic heterocycles. The van der Waals surface area contributed by atoms with E-state index in [1.54, 1.807) is 6.20 Å². The fourth-order valence-corrected chi connectivity index (χ4v) is 1.54. The number of aryl methyl sites for hydroxylation is 3. The fraction of sp³-hybridized carbons (Fsp3) is 0.417. The molecule has 0 saturated heterocycles. The normalized spacial score (nSPS) is 11.8. The topological polar surface area (TPSA) is 17.3 Å². The molecule has 1 aromatic rings. The molecular weight excluding hydrogens is 172 g/mol. The van der Waals surface area contributed by atoms with Crippen molar-refractivity contribution in [2.75, 3.05) is 0 Å². The molecule has 0 radical (unpaired) electrons. The zero-order valence-electron chi connectivity index (χ0n) is 9.25. The van der Waals surface area contributed by atoms with Crippen LogP contribution in [-0.2, 0) is 13.5 Å². The SMILES string of the molecule is C=CN=c1cc(C)c(CCC)cn1C. The Hall–Kier alpha value is -1.31. The van der Waals surface area contributed by atoms with Gasteiger partial charge in [-0.15, -0.1) is 0 Å². The molecule has 0 bridgehead atoms. The van der Waals surface area contributed by atoms with E-state index in [1.807, 2.05) is 11.6 Å². The van der Waals surface area contributed by atoms with Gasteiger partial charge in [0.2, 0.25) is 0 Å². The smallest absolute Gasteiger partial charge is 0.132 e. The fourth-order valence-electron chi connectivity index (χ4n) is 1.54. The van der Waals surface area contributed by atoms with Gasteiger partial charge in [0.25, 0.3) is 0 Å². The van der Waals surface area contributed by atoms with Gasteiger partial charge in [-0.05, 0) is 30.5 Å². The van der Waals surface area contributed by atoms with E-state index in [9.17, 15) is 0 Å². The second kappa shape index (κ2) is 4.80. The lowest BCUT2D eigenvalue weighted by Crippen LogP contribution is -2.18. The quantitative estimate of drug-likeness (QED) is 0.696. The van der Waals surface area contributed by atoms with E-state index in [1.165, 1.54) is 17.5 Å². The van der Waals surface area contributed by atoms with Crippen LogP contribution in [0, 0.1) is 6.92 Å². The third-order valence-electron chi connectivity index (χ3n) is 2.31. The number of aromatic nitrogens is 1. The van der Waals surface area contributed by atoms with Crippen LogP contribution < -0.4 is 5.49 Å². The molecule has 0 amide bonds. The first kappa shape index (κ1) is 10.8. The first-order valence-electron chi connectivity index (χ1n) is 5.00. The van der Waals surface area contributed by atoms with Crippen molar-refractivity contribution < 1.29 is 0 Å². The highest BCUT2D eigenvalue weighted by atomic mass is 15.0. The van der Waals surface area contributed by atoms with Crippen molar-refractivity contribution in [3.63, 3.8) is 0 Å². The Kier molecular flexibility index (Phi) is 3.69. The summed E-state index contributed by atoms with van der Waals surface area (Å²) in [5.74, 6) is 0. The van der Waals surface area contributed by atoms with E-state index < -0.39 is 0 Å². The van der Waals surface area contributed by atoms with E-state index in [-0.39, 0.29) is 0 Å². The van der Waals surface area contributed by atoms with E-state index >= 15 is 0 Å². The predicted molar refractivity (Wildman–Crippen MR) is 59.9 cm³/mol. The summed E-state index contributed by atoms with van der Waals surface area (Å²) in [5, 5.41) is 0. The number of rotatable bonds is 3. The van der Waals surface area contributed by atoms with Crippen molar-refractivity contribution in [3.8, 4) is 0 Å². The van der Waals surface area contributed by atoms with Crippen molar-refractivity contribution in [2.24, 2.45) is 12.0 Å². The average molecular weight is 190 g/mol. The van der Waals surface area contributed by atoms with Crippen LogP contribution in [-0.4, -0.2) is 4.57 Å². The molecule has 0 aliphatic heterocycles. The molecule has 76 valence electrons. The summed E-state index contributed by atoms with van der Waals surface area (Å²) in [6.45, 7) is 7.93. The van der Waals surface area contributed by atoms with Crippen LogP contribution in [0.2, 0.25) is 0 Å². The average Bonchev–Trinajstić information content (AvgIpc) is 2.14. The Bertz CT molecular complexity index is 386. The molecule has 0 aliphatic carbocycles. The largest absolute Gasteiger partial charge is 0.336 e. The highest BCUT2D eigenvalue weighted by molar-refractivity contribution is 5.22. The third-order valence-corrected chi connectivity index (χ3v) is 2.31. The van der Waals surface area contributed by atoms with Gasteiger partial charge in [0, 0.05) is 19.4 Å². The van der Waals surface area contributed by atoms with Gasteiger partial charge >= 0.3 is 0 Å².